The van der Waals surface area contributed by atoms with Gasteiger partial charge in [0.2, 0.25) is 0 Å². The van der Waals surface area contributed by atoms with Gasteiger partial charge in [-0.15, -0.1) is 0 Å². The van der Waals surface area contributed by atoms with E-state index < -0.39 is 18.0 Å². The molecule has 0 unspecified atom stereocenters. The van der Waals surface area contributed by atoms with Crippen LogP contribution in [0.2, 0.25) is 0 Å². The van der Waals surface area contributed by atoms with Crippen molar-refractivity contribution in [3.05, 3.63) is 11.6 Å². The molecule has 0 aromatic carbocycles. The molecule has 0 aliphatic heterocycles. The molecule has 0 saturated carbocycles. The molecule has 86 valence electrons. The first-order chi connectivity index (χ1) is 6.84. The zero-order chi connectivity index (χ0) is 12.0. The van der Waals surface area contributed by atoms with Gasteiger partial charge in [-0.3, -0.25) is 4.79 Å². The molecule has 0 heterocycles. The Labute approximate surface area is 88.6 Å². The van der Waals surface area contributed by atoms with E-state index in [0.717, 1.165) is 0 Å². The molecule has 0 radical (unpaired) electrons. The summed E-state index contributed by atoms with van der Waals surface area (Å²) in [6, 6.07) is -1.15. The van der Waals surface area contributed by atoms with Crippen LogP contribution >= 0.6 is 0 Å². The minimum Gasteiger partial charge on any atom is -0.480 e. The quantitative estimate of drug-likeness (QED) is 0.570. The summed E-state index contributed by atoms with van der Waals surface area (Å²) in [6.07, 6.45) is 2.00. The van der Waals surface area contributed by atoms with Crippen molar-refractivity contribution in [2.45, 2.75) is 32.7 Å². The van der Waals surface area contributed by atoms with E-state index >= 15 is 0 Å². The summed E-state index contributed by atoms with van der Waals surface area (Å²) in [5.74, 6) is -1.96. The Morgan fingerprint density at radius 1 is 1.33 bits per heavy atom. The fourth-order valence-electron chi connectivity index (χ4n) is 0.960. The van der Waals surface area contributed by atoms with Gasteiger partial charge >= 0.3 is 11.9 Å². The third-order valence-corrected chi connectivity index (χ3v) is 1.87. The molecular weight excluding hydrogens is 198 g/mol. The maximum Gasteiger partial charge on any atom is 0.331 e. The average Bonchev–Trinajstić information content (AvgIpc) is 2.10. The normalized spacial score (nSPS) is 14.0. The molecule has 0 aromatic heterocycles. The van der Waals surface area contributed by atoms with Crippen LogP contribution in [-0.2, 0) is 9.59 Å². The van der Waals surface area contributed by atoms with Crippen molar-refractivity contribution in [1.29, 1.82) is 0 Å². The van der Waals surface area contributed by atoms with Crippen LogP contribution in [0.3, 0.4) is 0 Å². The zero-order valence-corrected chi connectivity index (χ0v) is 8.93. The van der Waals surface area contributed by atoms with E-state index in [-0.39, 0.29) is 12.0 Å². The largest absolute Gasteiger partial charge is 0.480 e. The minimum atomic E-state index is -1.19. The first-order valence-corrected chi connectivity index (χ1v) is 4.75. The fourth-order valence-corrected chi connectivity index (χ4v) is 0.960. The summed E-state index contributed by atoms with van der Waals surface area (Å²) in [5.41, 5.74) is 5.33. The molecule has 0 aliphatic rings. The van der Waals surface area contributed by atoms with Crippen molar-refractivity contribution in [3.8, 4) is 0 Å². The third kappa shape index (κ3) is 5.85. The fraction of sp³-hybridized carbons (Fsp3) is 0.600. The van der Waals surface area contributed by atoms with E-state index in [0.29, 0.717) is 12.3 Å². The number of carboxylic acids is 2. The van der Waals surface area contributed by atoms with Crippen molar-refractivity contribution in [1.82, 2.24) is 0 Å². The van der Waals surface area contributed by atoms with Crippen LogP contribution in [-0.4, -0.2) is 28.2 Å². The molecule has 0 aromatic rings. The summed E-state index contributed by atoms with van der Waals surface area (Å²) in [4.78, 5) is 21.2. The molecule has 5 nitrogen and oxygen atoms in total. The molecule has 0 fully saturated rings. The number of carboxylic acid groups (broad SMARTS) is 2. The van der Waals surface area contributed by atoms with Gasteiger partial charge in [-0.05, 0) is 12.3 Å². The molecular formula is C10H17NO4. The first-order valence-electron chi connectivity index (χ1n) is 4.75. The Bertz CT molecular complexity index is 271. The molecule has 5 heteroatoms. The Morgan fingerprint density at radius 2 is 1.87 bits per heavy atom. The van der Waals surface area contributed by atoms with Crippen LogP contribution in [0.5, 0.6) is 0 Å². The smallest absolute Gasteiger partial charge is 0.331 e. The van der Waals surface area contributed by atoms with E-state index in [1.807, 2.05) is 13.8 Å². The van der Waals surface area contributed by atoms with Gasteiger partial charge in [0.25, 0.3) is 0 Å². The maximum absolute atomic E-state index is 10.8. The maximum atomic E-state index is 10.8. The van der Waals surface area contributed by atoms with Crippen LogP contribution in [0.15, 0.2) is 11.6 Å². The second-order valence-corrected chi connectivity index (χ2v) is 3.81. The average molecular weight is 215 g/mol. The molecule has 0 bridgehead atoms. The predicted octanol–water partition coefficient (Wildman–Crippen LogP) is 0.845. The Hall–Kier alpha value is -1.36. The van der Waals surface area contributed by atoms with Gasteiger partial charge in [-0.1, -0.05) is 19.9 Å². The molecule has 15 heavy (non-hydrogen) atoms. The highest BCUT2D eigenvalue weighted by Gasteiger charge is 2.17. The molecule has 0 saturated heterocycles. The number of carbonyl (C=O) groups is 2. The number of nitrogens with two attached hydrogens (primary N) is 1. The van der Waals surface area contributed by atoms with Gasteiger partial charge in [0.05, 0.1) is 0 Å². The highest BCUT2D eigenvalue weighted by molar-refractivity contribution is 5.88. The van der Waals surface area contributed by atoms with Gasteiger partial charge in [0, 0.05) is 12.0 Å². The lowest BCUT2D eigenvalue weighted by Gasteiger charge is -2.07. The lowest BCUT2D eigenvalue weighted by atomic mass is 10.0. The van der Waals surface area contributed by atoms with Crippen molar-refractivity contribution >= 4 is 11.9 Å². The van der Waals surface area contributed by atoms with Gasteiger partial charge in [0.1, 0.15) is 6.04 Å². The molecule has 0 spiro atoms. The number of hydrogen-bond acceptors (Lipinski definition) is 3. The van der Waals surface area contributed by atoms with Gasteiger partial charge in [-0.25, -0.2) is 4.79 Å². The standard InChI is InChI=1S/C10H17NO4/c1-6(2)3-4-7(9(12)13)5-8(11)10(14)15/h4,6,8H,3,5,11H2,1-2H3,(H,12,13)(H,14,15)/t8-/m0/s1. The van der Waals surface area contributed by atoms with Crippen LogP contribution in [0, 0.1) is 5.92 Å². The van der Waals surface area contributed by atoms with E-state index in [2.05, 4.69) is 0 Å². The summed E-state index contributed by atoms with van der Waals surface area (Å²) in [6.45, 7) is 3.90. The minimum absolute atomic E-state index is 0.0681. The summed E-state index contributed by atoms with van der Waals surface area (Å²) in [7, 11) is 0. The second-order valence-electron chi connectivity index (χ2n) is 3.81. The summed E-state index contributed by atoms with van der Waals surface area (Å²) >= 11 is 0. The van der Waals surface area contributed by atoms with Crippen LogP contribution in [0.1, 0.15) is 26.7 Å². The molecule has 0 amide bonds. The molecule has 0 rings (SSSR count). The Balaban J connectivity index is 4.47. The van der Waals surface area contributed by atoms with Crippen molar-refractivity contribution in [2.24, 2.45) is 11.7 Å². The third-order valence-electron chi connectivity index (χ3n) is 1.87. The SMILES string of the molecule is CC(C)CC=C(C[C@H](N)C(=O)O)C(=O)O. The lowest BCUT2D eigenvalue weighted by molar-refractivity contribution is -0.138. The Kier molecular flexibility index (Phi) is 5.62. The van der Waals surface area contributed by atoms with E-state index in [1.165, 1.54) is 6.08 Å². The monoisotopic (exact) mass is 215 g/mol. The highest BCUT2D eigenvalue weighted by Crippen LogP contribution is 2.10. The second kappa shape index (κ2) is 6.19. The van der Waals surface area contributed by atoms with Gasteiger partial charge in [0.15, 0.2) is 0 Å². The predicted molar refractivity (Wildman–Crippen MR) is 55.4 cm³/mol. The van der Waals surface area contributed by atoms with E-state index in [4.69, 9.17) is 15.9 Å². The summed E-state index contributed by atoms with van der Waals surface area (Å²) in [5, 5.41) is 17.3. The number of hydrogen-bond donors (Lipinski definition) is 3. The van der Waals surface area contributed by atoms with Gasteiger partial charge < -0.3 is 15.9 Å². The van der Waals surface area contributed by atoms with E-state index in [1.54, 1.807) is 0 Å². The topological polar surface area (TPSA) is 101 Å². The van der Waals surface area contributed by atoms with Crippen molar-refractivity contribution < 1.29 is 19.8 Å². The van der Waals surface area contributed by atoms with Gasteiger partial charge in [-0.2, -0.15) is 0 Å². The molecule has 4 N–H and O–H groups in total. The van der Waals surface area contributed by atoms with Crippen LogP contribution < -0.4 is 5.73 Å². The van der Waals surface area contributed by atoms with E-state index in [9.17, 15) is 9.59 Å². The molecule has 0 aliphatic carbocycles. The lowest BCUT2D eigenvalue weighted by Crippen LogP contribution is -2.31. The number of allylic oxidation sites excluding steroid dienone is 1. The molecule has 1 atom stereocenters. The number of aliphatic carboxylic acids is 2. The van der Waals surface area contributed by atoms with Crippen LogP contribution in [0.25, 0.3) is 0 Å². The first kappa shape index (κ1) is 13.6. The number of rotatable bonds is 6. The summed E-state index contributed by atoms with van der Waals surface area (Å²) < 4.78 is 0. The zero-order valence-electron chi connectivity index (χ0n) is 8.93. The van der Waals surface area contributed by atoms with Crippen molar-refractivity contribution in [3.63, 3.8) is 0 Å². The van der Waals surface area contributed by atoms with Crippen molar-refractivity contribution in [2.75, 3.05) is 0 Å². The van der Waals surface area contributed by atoms with Crippen LogP contribution in [0.4, 0.5) is 0 Å². The Morgan fingerprint density at radius 3 is 2.20 bits per heavy atom. The highest BCUT2D eigenvalue weighted by atomic mass is 16.4.